The van der Waals surface area contributed by atoms with Crippen molar-refractivity contribution in [2.24, 2.45) is 16.8 Å². The van der Waals surface area contributed by atoms with E-state index in [1.54, 1.807) is 0 Å². The summed E-state index contributed by atoms with van der Waals surface area (Å²) in [4.78, 5) is 4.13. The number of aliphatic imine (C=N–C) groups is 1. The molecule has 3 heterocycles. The lowest BCUT2D eigenvalue weighted by Crippen LogP contribution is -2.55. The molecular weight excluding hydrogens is 252 g/mol. The van der Waals surface area contributed by atoms with Crippen molar-refractivity contribution in [3.05, 3.63) is 10.7 Å². The molecule has 0 aromatic rings. The van der Waals surface area contributed by atoms with Crippen molar-refractivity contribution in [3.63, 3.8) is 0 Å². The Morgan fingerprint density at radius 1 is 1.39 bits per heavy atom. The van der Waals surface area contributed by atoms with Crippen LogP contribution in [-0.2, 0) is 9.47 Å². The molecule has 3 aliphatic heterocycles. The third kappa shape index (κ3) is 2.35. The van der Waals surface area contributed by atoms with Gasteiger partial charge in [0.2, 0.25) is 0 Å². The van der Waals surface area contributed by atoms with Gasteiger partial charge in [0.05, 0.1) is 25.4 Å². The van der Waals surface area contributed by atoms with E-state index < -0.39 is 0 Å². The summed E-state index contributed by atoms with van der Waals surface area (Å²) < 4.78 is 11.9. The van der Waals surface area contributed by atoms with Gasteiger partial charge in [0.1, 0.15) is 5.16 Å². The highest BCUT2D eigenvalue weighted by atomic mass is 35.5. The van der Waals surface area contributed by atoms with Crippen LogP contribution >= 0.6 is 11.6 Å². The minimum Gasteiger partial charge on any atom is -0.381 e. The van der Waals surface area contributed by atoms with Gasteiger partial charge in [-0.3, -0.25) is 0 Å². The number of rotatable bonds is 2. The molecule has 18 heavy (non-hydrogen) atoms. The molecule has 2 fully saturated rings. The summed E-state index contributed by atoms with van der Waals surface area (Å²) >= 11 is 6.06. The molecule has 3 rings (SSSR count). The number of hydrogen-bond donors (Lipinski definition) is 1. The van der Waals surface area contributed by atoms with Gasteiger partial charge in [0.25, 0.3) is 0 Å². The largest absolute Gasteiger partial charge is 0.381 e. The van der Waals surface area contributed by atoms with Gasteiger partial charge in [0.15, 0.2) is 0 Å². The van der Waals surface area contributed by atoms with Crippen molar-refractivity contribution in [1.82, 2.24) is 5.32 Å². The van der Waals surface area contributed by atoms with Gasteiger partial charge in [-0.15, -0.1) is 0 Å². The van der Waals surface area contributed by atoms with E-state index in [1.807, 2.05) is 13.1 Å². The van der Waals surface area contributed by atoms with E-state index in [0.29, 0.717) is 17.0 Å². The Morgan fingerprint density at radius 3 is 2.83 bits per heavy atom. The lowest BCUT2D eigenvalue weighted by Gasteiger charge is -2.44. The van der Waals surface area contributed by atoms with Crippen LogP contribution < -0.4 is 5.32 Å². The molecule has 0 amide bonds. The highest BCUT2D eigenvalue weighted by molar-refractivity contribution is 6.30. The molecule has 0 saturated carbocycles. The van der Waals surface area contributed by atoms with Gasteiger partial charge in [-0.05, 0) is 12.5 Å². The normalized spacial score (nSPS) is 40.1. The summed E-state index contributed by atoms with van der Waals surface area (Å²) in [6.07, 6.45) is 3.05. The van der Waals surface area contributed by atoms with Crippen molar-refractivity contribution in [3.8, 4) is 0 Å². The molecule has 100 valence electrons. The Morgan fingerprint density at radius 2 is 2.11 bits per heavy atom. The van der Waals surface area contributed by atoms with Gasteiger partial charge in [0, 0.05) is 37.6 Å². The van der Waals surface area contributed by atoms with Crippen molar-refractivity contribution in [1.29, 1.82) is 0 Å². The zero-order chi connectivity index (χ0) is 12.5. The third-order valence-electron chi connectivity index (χ3n) is 4.06. The van der Waals surface area contributed by atoms with Gasteiger partial charge < -0.3 is 14.8 Å². The summed E-state index contributed by atoms with van der Waals surface area (Å²) in [6, 6.07) is 0. The first-order chi connectivity index (χ1) is 8.75. The first-order valence-electron chi connectivity index (χ1n) is 6.58. The van der Waals surface area contributed by atoms with Crippen LogP contribution in [0.1, 0.15) is 13.3 Å². The monoisotopic (exact) mass is 270 g/mol. The summed E-state index contributed by atoms with van der Waals surface area (Å²) in [5, 5.41) is 4.03. The molecule has 3 atom stereocenters. The summed E-state index contributed by atoms with van der Waals surface area (Å²) in [5.41, 5.74) is 1.05. The maximum absolute atomic E-state index is 6.33. The van der Waals surface area contributed by atoms with Crippen LogP contribution in [0.25, 0.3) is 0 Å². The third-order valence-corrected chi connectivity index (χ3v) is 4.46. The first kappa shape index (κ1) is 12.6. The number of ether oxygens (including phenoxy) is 2. The average molecular weight is 271 g/mol. The fourth-order valence-corrected chi connectivity index (χ4v) is 3.15. The predicted molar refractivity (Wildman–Crippen MR) is 71.0 cm³/mol. The second-order valence-corrected chi connectivity index (χ2v) is 5.68. The lowest BCUT2D eigenvalue weighted by atomic mass is 9.85. The minimum absolute atomic E-state index is 0.0844. The number of piperidine rings is 1. The molecular formula is C13H19ClN2O2. The molecule has 5 heteroatoms. The Balaban J connectivity index is 1.71. The average Bonchev–Trinajstić information content (AvgIpc) is 2.35. The van der Waals surface area contributed by atoms with E-state index in [-0.39, 0.29) is 12.2 Å². The van der Waals surface area contributed by atoms with E-state index in [0.717, 1.165) is 38.3 Å². The summed E-state index contributed by atoms with van der Waals surface area (Å²) in [6.45, 7) is 5.57. The zero-order valence-corrected chi connectivity index (χ0v) is 11.3. The van der Waals surface area contributed by atoms with Crippen LogP contribution in [0, 0.1) is 11.8 Å². The topological polar surface area (TPSA) is 42.8 Å². The van der Waals surface area contributed by atoms with Crippen LogP contribution in [0.2, 0.25) is 0 Å². The smallest absolute Gasteiger partial charge is 0.130 e. The quantitative estimate of drug-likeness (QED) is 0.775. The van der Waals surface area contributed by atoms with Gasteiger partial charge >= 0.3 is 0 Å². The SMILES string of the molecule is CC1=C(Cl)N=CCC1OC1C2CNCC1COC2. The van der Waals surface area contributed by atoms with Crippen LogP contribution in [0.4, 0.5) is 0 Å². The van der Waals surface area contributed by atoms with Crippen molar-refractivity contribution in [2.45, 2.75) is 25.6 Å². The van der Waals surface area contributed by atoms with E-state index in [2.05, 4.69) is 10.3 Å². The number of nitrogens with one attached hydrogen (secondary N) is 1. The fourth-order valence-electron chi connectivity index (χ4n) is 2.96. The Bertz CT molecular complexity index is 361. The molecule has 3 aliphatic rings. The van der Waals surface area contributed by atoms with E-state index in [1.165, 1.54) is 0 Å². The summed E-state index contributed by atoms with van der Waals surface area (Å²) in [7, 11) is 0. The number of nitrogens with zero attached hydrogens (tertiary/aromatic N) is 1. The zero-order valence-electron chi connectivity index (χ0n) is 10.6. The van der Waals surface area contributed by atoms with E-state index in [9.17, 15) is 0 Å². The molecule has 0 aliphatic carbocycles. The Hall–Kier alpha value is -0.420. The Labute approximate surface area is 112 Å². The van der Waals surface area contributed by atoms with Crippen molar-refractivity contribution in [2.75, 3.05) is 26.3 Å². The Kier molecular flexibility index (Phi) is 3.71. The summed E-state index contributed by atoms with van der Waals surface area (Å²) in [5.74, 6) is 0.922. The molecule has 2 saturated heterocycles. The van der Waals surface area contributed by atoms with Crippen LogP contribution in [0.15, 0.2) is 15.7 Å². The molecule has 0 aromatic heterocycles. The molecule has 1 N–H and O–H groups in total. The van der Waals surface area contributed by atoms with Crippen molar-refractivity contribution < 1.29 is 9.47 Å². The maximum Gasteiger partial charge on any atom is 0.130 e. The fraction of sp³-hybridized carbons (Fsp3) is 0.769. The highest BCUT2D eigenvalue weighted by Crippen LogP contribution is 2.31. The van der Waals surface area contributed by atoms with Crippen LogP contribution in [-0.4, -0.2) is 44.7 Å². The second-order valence-electron chi connectivity index (χ2n) is 5.33. The minimum atomic E-state index is 0.0844. The van der Waals surface area contributed by atoms with Gasteiger partial charge in [-0.25, -0.2) is 4.99 Å². The van der Waals surface area contributed by atoms with E-state index in [4.69, 9.17) is 21.1 Å². The van der Waals surface area contributed by atoms with E-state index >= 15 is 0 Å². The molecule has 2 bridgehead atoms. The lowest BCUT2D eigenvalue weighted by molar-refractivity contribution is -0.139. The number of fused-ring (bicyclic) bond motifs is 2. The second kappa shape index (κ2) is 5.29. The molecule has 0 spiro atoms. The number of halogens is 1. The predicted octanol–water partition coefficient (Wildman–Crippen LogP) is 1.55. The van der Waals surface area contributed by atoms with Crippen LogP contribution in [0.3, 0.4) is 0 Å². The standard InChI is InChI=1S/C13H19ClN2O2/c1-8-11(2-3-16-13(8)14)18-12-9-4-15-5-10(12)7-17-6-9/h3,9-12,15H,2,4-7H2,1H3. The maximum atomic E-state index is 6.33. The highest BCUT2D eigenvalue weighted by Gasteiger charge is 2.39. The van der Waals surface area contributed by atoms with Gasteiger partial charge in [-0.1, -0.05) is 11.6 Å². The molecule has 0 radical (unpaired) electrons. The number of hydrogen-bond acceptors (Lipinski definition) is 4. The molecule has 3 unspecified atom stereocenters. The first-order valence-corrected chi connectivity index (χ1v) is 6.96. The van der Waals surface area contributed by atoms with Crippen LogP contribution in [0.5, 0.6) is 0 Å². The van der Waals surface area contributed by atoms with Crippen molar-refractivity contribution >= 4 is 17.8 Å². The molecule has 4 nitrogen and oxygen atoms in total. The van der Waals surface area contributed by atoms with Gasteiger partial charge in [-0.2, -0.15) is 0 Å². The molecule has 0 aromatic carbocycles.